The van der Waals surface area contributed by atoms with Crippen molar-refractivity contribution in [1.82, 2.24) is 5.32 Å². The first-order chi connectivity index (χ1) is 13.1. The Balaban J connectivity index is 2.77. The second kappa shape index (κ2) is 10.5. The molecule has 154 valence electrons. The number of hydrogen-bond donors (Lipinski definition) is 2. The normalized spacial score (nSPS) is 11.2. The smallest absolute Gasteiger partial charge is 0.407 e. The number of carbonyl (C=O) groups is 2. The van der Waals surface area contributed by atoms with Gasteiger partial charge in [0.2, 0.25) is 0 Å². The minimum Gasteiger partial charge on any atom is -0.465 e. The number of ether oxygens (including phenoxy) is 2. The SMILES string of the molecule is COC(=O)c1cc(SC)c(NC/C=C/CNC(=O)OC(C)(C)C)c([N+](=O)[O-])c1. The van der Waals surface area contributed by atoms with Gasteiger partial charge >= 0.3 is 12.1 Å². The van der Waals surface area contributed by atoms with Crippen LogP contribution in [0.2, 0.25) is 0 Å². The Morgan fingerprint density at radius 3 is 2.43 bits per heavy atom. The Labute approximate surface area is 168 Å². The lowest BCUT2D eigenvalue weighted by Crippen LogP contribution is -2.32. The molecule has 0 aliphatic rings. The topological polar surface area (TPSA) is 120 Å². The van der Waals surface area contributed by atoms with Gasteiger partial charge in [0.05, 0.1) is 17.6 Å². The van der Waals surface area contributed by atoms with E-state index in [9.17, 15) is 19.7 Å². The van der Waals surface area contributed by atoms with E-state index in [1.54, 1.807) is 45.2 Å². The van der Waals surface area contributed by atoms with E-state index in [0.29, 0.717) is 17.1 Å². The van der Waals surface area contributed by atoms with Crippen LogP contribution in [0.4, 0.5) is 16.2 Å². The Hall–Kier alpha value is -2.75. The Bertz CT molecular complexity index is 758. The lowest BCUT2D eigenvalue weighted by atomic mass is 10.1. The third-order valence-corrected chi connectivity index (χ3v) is 4.01. The predicted molar refractivity (Wildman–Crippen MR) is 108 cm³/mol. The molecule has 0 aliphatic carbocycles. The van der Waals surface area contributed by atoms with E-state index in [-0.39, 0.29) is 17.8 Å². The van der Waals surface area contributed by atoms with E-state index in [0.717, 1.165) is 0 Å². The molecule has 0 unspecified atom stereocenters. The van der Waals surface area contributed by atoms with Crippen molar-refractivity contribution in [3.63, 3.8) is 0 Å². The third kappa shape index (κ3) is 7.47. The van der Waals surface area contributed by atoms with Gasteiger partial charge < -0.3 is 20.1 Å². The number of alkyl carbamates (subject to hydrolysis) is 1. The number of carbonyl (C=O) groups excluding carboxylic acids is 2. The lowest BCUT2D eigenvalue weighted by Gasteiger charge is -2.19. The van der Waals surface area contributed by atoms with Crippen LogP contribution in [0.3, 0.4) is 0 Å². The number of benzene rings is 1. The van der Waals surface area contributed by atoms with E-state index in [4.69, 9.17) is 4.74 Å². The maximum atomic E-state index is 11.7. The molecule has 2 N–H and O–H groups in total. The number of esters is 1. The molecule has 0 spiro atoms. The van der Waals surface area contributed by atoms with Crippen LogP contribution in [0.5, 0.6) is 0 Å². The second-order valence-corrected chi connectivity index (χ2v) is 7.40. The quantitative estimate of drug-likeness (QED) is 0.219. The third-order valence-electron chi connectivity index (χ3n) is 3.25. The summed E-state index contributed by atoms with van der Waals surface area (Å²) in [6.45, 7) is 5.87. The van der Waals surface area contributed by atoms with Crippen molar-refractivity contribution in [1.29, 1.82) is 0 Å². The standard InChI is InChI=1S/C18H25N3O6S/c1-18(2,3)27-17(23)20-9-7-6-8-19-15-13(21(24)25)10-12(16(22)26-4)11-14(15)28-5/h6-7,10-11,19H,8-9H2,1-5H3,(H,20,23)/b7-6+. The molecule has 1 amide bonds. The van der Waals surface area contributed by atoms with Crippen LogP contribution in [-0.2, 0) is 9.47 Å². The number of nitro groups is 1. The van der Waals surface area contributed by atoms with Crippen molar-refractivity contribution < 1.29 is 24.0 Å². The first-order valence-electron chi connectivity index (χ1n) is 8.39. The molecule has 9 nitrogen and oxygen atoms in total. The van der Waals surface area contributed by atoms with Crippen molar-refractivity contribution in [3.05, 3.63) is 40.0 Å². The van der Waals surface area contributed by atoms with E-state index in [2.05, 4.69) is 15.4 Å². The number of anilines is 1. The fourth-order valence-corrected chi connectivity index (χ4v) is 2.73. The van der Waals surface area contributed by atoms with Gasteiger partial charge in [-0.15, -0.1) is 11.8 Å². The average molecular weight is 411 g/mol. The van der Waals surface area contributed by atoms with E-state index in [1.165, 1.54) is 24.9 Å². The highest BCUT2D eigenvalue weighted by Crippen LogP contribution is 2.35. The van der Waals surface area contributed by atoms with Crippen molar-refractivity contribution in [2.75, 3.05) is 31.8 Å². The zero-order chi connectivity index (χ0) is 21.3. The van der Waals surface area contributed by atoms with Crippen LogP contribution in [-0.4, -0.2) is 49.0 Å². The number of nitrogens with one attached hydrogen (secondary N) is 2. The molecule has 10 heteroatoms. The molecule has 1 aromatic carbocycles. The molecule has 0 bridgehead atoms. The van der Waals surface area contributed by atoms with Crippen LogP contribution >= 0.6 is 11.8 Å². The number of nitro benzene ring substituents is 1. The van der Waals surface area contributed by atoms with Gasteiger partial charge in [0.15, 0.2) is 0 Å². The van der Waals surface area contributed by atoms with Gasteiger partial charge in [0.25, 0.3) is 5.69 Å². The minimum atomic E-state index is -0.641. The Kier molecular flexibility index (Phi) is 8.77. The highest BCUT2D eigenvalue weighted by atomic mass is 32.2. The lowest BCUT2D eigenvalue weighted by molar-refractivity contribution is -0.384. The van der Waals surface area contributed by atoms with Gasteiger partial charge in [0, 0.05) is 24.1 Å². The molecule has 1 rings (SSSR count). The van der Waals surface area contributed by atoms with Crippen LogP contribution in [0, 0.1) is 10.1 Å². The molecule has 1 aromatic rings. The fraction of sp³-hybridized carbons (Fsp3) is 0.444. The van der Waals surface area contributed by atoms with Gasteiger partial charge in [-0.25, -0.2) is 9.59 Å². The van der Waals surface area contributed by atoms with Gasteiger partial charge in [-0.05, 0) is 33.1 Å². The highest BCUT2D eigenvalue weighted by molar-refractivity contribution is 7.98. The highest BCUT2D eigenvalue weighted by Gasteiger charge is 2.22. The fourth-order valence-electron chi connectivity index (χ4n) is 2.10. The summed E-state index contributed by atoms with van der Waals surface area (Å²) in [6, 6.07) is 2.72. The summed E-state index contributed by atoms with van der Waals surface area (Å²) in [5.41, 5.74) is -0.359. The predicted octanol–water partition coefficient (Wildman–Crippen LogP) is 3.60. The van der Waals surface area contributed by atoms with Crippen LogP contribution in [0.1, 0.15) is 31.1 Å². The molecule has 0 heterocycles. The number of thioether (sulfide) groups is 1. The summed E-state index contributed by atoms with van der Waals surface area (Å²) < 4.78 is 9.75. The molecule has 0 aliphatic heterocycles. The largest absolute Gasteiger partial charge is 0.465 e. The summed E-state index contributed by atoms with van der Waals surface area (Å²) in [7, 11) is 1.22. The first-order valence-corrected chi connectivity index (χ1v) is 9.62. The summed E-state index contributed by atoms with van der Waals surface area (Å²) >= 11 is 1.27. The number of rotatable bonds is 8. The van der Waals surface area contributed by atoms with Gasteiger partial charge in [-0.2, -0.15) is 0 Å². The summed E-state index contributed by atoms with van der Waals surface area (Å²) in [6.07, 6.45) is 4.65. The van der Waals surface area contributed by atoms with Gasteiger partial charge in [-0.1, -0.05) is 12.2 Å². The van der Waals surface area contributed by atoms with E-state index < -0.39 is 22.6 Å². The van der Waals surface area contributed by atoms with Crippen molar-refractivity contribution in [2.24, 2.45) is 0 Å². The van der Waals surface area contributed by atoms with Gasteiger partial charge in [0.1, 0.15) is 11.3 Å². The first kappa shape index (κ1) is 23.3. The second-order valence-electron chi connectivity index (χ2n) is 6.56. The number of hydrogen-bond acceptors (Lipinski definition) is 8. The van der Waals surface area contributed by atoms with Crippen molar-refractivity contribution >= 4 is 35.2 Å². The molecule has 0 radical (unpaired) electrons. The maximum Gasteiger partial charge on any atom is 0.407 e. The minimum absolute atomic E-state index is 0.112. The van der Waals surface area contributed by atoms with Crippen LogP contribution < -0.4 is 10.6 Å². The molecule has 0 fully saturated rings. The molecular formula is C18H25N3O6S. The van der Waals surface area contributed by atoms with E-state index >= 15 is 0 Å². The average Bonchev–Trinajstić information content (AvgIpc) is 2.61. The molecular weight excluding hydrogens is 386 g/mol. The van der Waals surface area contributed by atoms with Crippen molar-refractivity contribution in [2.45, 2.75) is 31.3 Å². The van der Waals surface area contributed by atoms with Gasteiger partial charge in [-0.3, -0.25) is 10.1 Å². The number of methoxy groups -OCH3 is 1. The number of nitrogens with zero attached hydrogens (tertiary/aromatic N) is 1. The van der Waals surface area contributed by atoms with Crippen LogP contribution in [0.25, 0.3) is 0 Å². The maximum absolute atomic E-state index is 11.7. The van der Waals surface area contributed by atoms with E-state index in [1.807, 2.05) is 0 Å². The summed E-state index contributed by atoms with van der Waals surface area (Å²) in [5.74, 6) is -0.641. The zero-order valence-corrected chi connectivity index (χ0v) is 17.3. The zero-order valence-electron chi connectivity index (χ0n) is 16.5. The Morgan fingerprint density at radius 2 is 1.89 bits per heavy atom. The monoisotopic (exact) mass is 411 g/mol. The molecule has 0 atom stereocenters. The van der Waals surface area contributed by atoms with Crippen LogP contribution in [0.15, 0.2) is 29.2 Å². The van der Waals surface area contributed by atoms with Crippen molar-refractivity contribution in [3.8, 4) is 0 Å². The number of amides is 1. The molecule has 0 saturated carbocycles. The Morgan fingerprint density at radius 1 is 1.25 bits per heavy atom. The molecule has 0 aromatic heterocycles. The summed E-state index contributed by atoms with van der Waals surface area (Å²) in [5, 5.41) is 17.0. The summed E-state index contributed by atoms with van der Waals surface area (Å²) in [4.78, 5) is 34.6. The molecule has 0 saturated heterocycles. The molecule has 28 heavy (non-hydrogen) atoms.